The summed E-state index contributed by atoms with van der Waals surface area (Å²) < 4.78 is 0. The molecule has 1 aliphatic carbocycles. The Balaban J connectivity index is 2.01. The Morgan fingerprint density at radius 2 is 2.06 bits per heavy atom. The molecule has 0 aromatic carbocycles. The number of carbonyl (C=O) groups is 2. The highest BCUT2D eigenvalue weighted by Crippen LogP contribution is 2.26. The van der Waals surface area contributed by atoms with Crippen molar-refractivity contribution in [2.24, 2.45) is 16.8 Å². The van der Waals surface area contributed by atoms with Gasteiger partial charge in [-0.2, -0.15) is 0 Å². The molecular weight excluding hydrogens is 240 g/mol. The molecule has 1 amide bonds. The van der Waals surface area contributed by atoms with Crippen molar-refractivity contribution in [3.63, 3.8) is 0 Å². The van der Waals surface area contributed by atoms with Gasteiger partial charge in [-0.1, -0.05) is 23.9 Å². The standard InChI is InChI=1S/C11H14N2O3S/c14-9(13-11-12-5-6-17-11)7-3-1-2-4-8(7)10(15)16/h1-2,7-8H,3-6H2,(H,15,16)(H,12,13,14)/t7-,8-/m1/s1. The molecule has 92 valence electrons. The van der Waals surface area contributed by atoms with E-state index in [9.17, 15) is 9.59 Å². The monoisotopic (exact) mass is 254 g/mol. The number of amidine groups is 1. The van der Waals surface area contributed by atoms with Crippen molar-refractivity contribution in [3.05, 3.63) is 12.2 Å². The van der Waals surface area contributed by atoms with Gasteiger partial charge in [-0.15, -0.1) is 0 Å². The summed E-state index contributed by atoms with van der Waals surface area (Å²) in [6, 6.07) is 0. The fourth-order valence-electron chi connectivity index (χ4n) is 1.99. The first-order valence-electron chi connectivity index (χ1n) is 5.54. The van der Waals surface area contributed by atoms with Gasteiger partial charge in [0.2, 0.25) is 5.91 Å². The number of carboxylic acids is 1. The van der Waals surface area contributed by atoms with Crippen molar-refractivity contribution < 1.29 is 14.7 Å². The summed E-state index contributed by atoms with van der Waals surface area (Å²) >= 11 is 1.50. The lowest BCUT2D eigenvalue weighted by molar-refractivity contribution is -0.147. The minimum Gasteiger partial charge on any atom is -0.481 e. The van der Waals surface area contributed by atoms with Crippen LogP contribution < -0.4 is 5.32 Å². The number of thioether (sulfide) groups is 1. The largest absolute Gasteiger partial charge is 0.481 e. The minimum atomic E-state index is -0.907. The topological polar surface area (TPSA) is 78.8 Å². The van der Waals surface area contributed by atoms with Gasteiger partial charge in [0, 0.05) is 5.75 Å². The van der Waals surface area contributed by atoms with E-state index in [-0.39, 0.29) is 5.91 Å². The lowest BCUT2D eigenvalue weighted by Gasteiger charge is -2.23. The van der Waals surface area contributed by atoms with Crippen molar-refractivity contribution in [1.29, 1.82) is 0 Å². The lowest BCUT2D eigenvalue weighted by atomic mass is 9.82. The van der Waals surface area contributed by atoms with Gasteiger partial charge < -0.3 is 10.4 Å². The molecule has 2 atom stereocenters. The smallest absolute Gasteiger partial charge is 0.307 e. The number of rotatable bonds is 2. The Labute approximate surface area is 103 Å². The van der Waals surface area contributed by atoms with Crippen molar-refractivity contribution >= 4 is 28.8 Å². The number of hydrogen-bond donors (Lipinski definition) is 2. The minimum absolute atomic E-state index is 0.227. The van der Waals surface area contributed by atoms with Crippen LogP contribution in [0.15, 0.2) is 17.1 Å². The van der Waals surface area contributed by atoms with E-state index < -0.39 is 17.8 Å². The second-order valence-electron chi connectivity index (χ2n) is 4.02. The second-order valence-corrected chi connectivity index (χ2v) is 5.10. The Kier molecular flexibility index (Phi) is 3.83. The maximum absolute atomic E-state index is 12.0. The molecule has 0 bridgehead atoms. The van der Waals surface area contributed by atoms with Crippen LogP contribution in [0, 0.1) is 11.8 Å². The highest BCUT2D eigenvalue weighted by atomic mass is 32.2. The number of carboxylic acid groups (broad SMARTS) is 1. The Morgan fingerprint density at radius 3 is 2.65 bits per heavy atom. The second kappa shape index (κ2) is 5.35. The van der Waals surface area contributed by atoms with E-state index in [0.29, 0.717) is 24.6 Å². The SMILES string of the molecule is O=C(O)[C@@H]1CC=CC[C@H]1C(=O)NC1=NCCS1. The first-order valence-corrected chi connectivity index (χ1v) is 6.53. The number of allylic oxidation sites excluding steroid dienone is 2. The van der Waals surface area contributed by atoms with Crippen LogP contribution in [-0.2, 0) is 9.59 Å². The molecule has 5 nitrogen and oxygen atoms in total. The van der Waals surface area contributed by atoms with Crippen LogP contribution in [0.2, 0.25) is 0 Å². The van der Waals surface area contributed by atoms with Crippen LogP contribution in [0.3, 0.4) is 0 Å². The zero-order valence-electron chi connectivity index (χ0n) is 9.26. The highest BCUT2D eigenvalue weighted by Gasteiger charge is 2.34. The van der Waals surface area contributed by atoms with E-state index in [4.69, 9.17) is 5.11 Å². The first-order chi connectivity index (χ1) is 8.18. The maximum Gasteiger partial charge on any atom is 0.307 e. The molecule has 2 N–H and O–H groups in total. The molecule has 0 saturated carbocycles. The molecule has 0 aromatic heterocycles. The summed E-state index contributed by atoms with van der Waals surface area (Å²) in [5.74, 6) is -1.36. The van der Waals surface area contributed by atoms with E-state index >= 15 is 0 Å². The fraction of sp³-hybridized carbons (Fsp3) is 0.545. The third-order valence-electron chi connectivity index (χ3n) is 2.90. The van der Waals surface area contributed by atoms with Crippen LogP contribution in [0.5, 0.6) is 0 Å². The van der Waals surface area contributed by atoms with Gasteiger partial charge in [0.1, 0.15) is 0 Å². The van der Waals surface area contributed by atoms with Crippen LogP contribution >= 0.6 is 11.8 Å². The van der Waals surface area contributed by atoms with Crippen molar-refractivity contribution in [1.82, 2.24) is 5.32 Å². The number of amides is 1. The Bertz CT molecular complexity index is 392. The summed E-state index contributed by atoms with van der Waals surface area (Å²) in [6.45, 7) is 0.715. The number of carbonyl (C=O) groups excluding carboxylic acids is 1. The average molecular weight is 254 g/mol. The van der Waals surface area contributed by atoms with Crippen LogP contribution in [0.4, 0.5) is 0 Å². The number of aliphatic carboxylic acids is 1. The summed E-state index contributed by atoms with van der Waals surface area (Å²) in [6.07, 6.45) is 4.60. The molecule has 2 rings (SSSR count). The van der Waals surface area contributed by atoms with Crippen LogP contribution in [-0.4, -0.2) is 34.4 Å². The van der Waals surface area contributed by atoms with E-state index in [0.717, 1.165) is 5.75 Å². The van der Waals surface area contributed by atoms with Crippen LogP contribution in [0.1, 0.15) is 12.8 Å². The zero-order chi connectivity index (χ0) is 12.3. The Hall–Kier alpha value is -1.30. The average Bonchev–Trinajstić information content (AvgIpc) is 2.81. The molecule has 0 aromatic rings. The molecule has 0 fully saturated rings. The summed E-state index contributed by atoms with van der Waals surface area (Å²) in [7, 11) is 0. The normalized spacial score (nSPS) is 27.6. The molecule has 0 radical (unpaired) electrons. The quantitative estimate of drug-likeness (QED) is 0.717. The number of aliphatic imine (C=N–C) groups is 1. The van der Waals surface area contributed by atoms with Gasteiger partial charge >= 0.3 is 5.97 Å². The van der Waals surface area contributed by atoms with Gasteiger partial charge in [0.25, 0.3) is 0 Å². The molecule has 1 heterocycles. The number of nitrogens with one attached hydrogen (secondary N) is 1. The first kappa shape index (κ1) is 12.2. The lowest BCUT2D eigenvalue weighted by Crippen LogP contribution is -2.40. The zero-order valence-corrected chi connectivity index (χ0v) is 10.1. The third-order valence-corrected chi connectivity index (χ3v) is 3.79. The van der Waals surface area contributed by atoms with Gasteiger partial charge in [-0.3, -0.25) is 14.6 Å². The highest BCUT2D eigenvalue weighted by molar-refractivity contribution is 8.14. The van der Waals surface area contributed by atoms with Crippen LogP contribution in [0.25, 0.3) is 0 Å². The van der Waals surface area contributed by atoms with E-state index in [1.165, 1.54) is 11.8 Å². The van der Waals surface area contributed by atoms with Gasteiger partial charge in [0.05, 0.1) is 18.4 Å². The van der Waals surface area contributed by atoms with E-state index in [1.54, 1.807) is 0 Å². The van der Waals surface area contributed by atoms with Crippen molar-refractivity contribution in [3.8, 4) is 0 Å². The van der Waals surface area contributed by atoms with Gasteiger partial charge in [-0.25, -0.2) is 0 Å². The summed E-state index contributed by atoms with van der Waals surface area (Å²) in [4.78, 5) is 27.1. The molecule has 2 aliphatic rings. The summed E-state index contributed by atoms with van der Waals surface area (Å²) in [5, 5.41) is 12.4. The predicted octanol–water partition coefficient (Wildman–Crippen LogP) is 0.872. The molecule has 0 spiro atoms. The molecular formula is C11H14N2O3S. The molecule has 6 heteroatoms. The molecule has 1 aliphatic heterocycles. The number of hydrogen-bond acceptors (Lipinski definition) is 4. The third kappa shape index (κ3) is 2.88. The predicted molar refractivity (Wildman–Crippen MR) is 65.9 cm³/mol. The van der Waals surface area contributed by atoms with E-state index in [2.05, 4.69) is 10.3 Å². The maximum atomic E-state index is 12.0. The molecule has 17 heavy (non-hydrogen) atoms. The summed E-state index contributed by atoms with van der Waals surface area (Å²) in [5.41, 5.74) is 0. The molecule has 0 saturated heterocycles. The van der Waals surface area contributed by atoms with Gasteiger partial charge in [-0.05, 0) is 12.8 Å². The van der Waals surface area contributed by atoms with E-state index in [1.807, 2.05) is 12.2 Å². The number of nitrogens with zero attached hydrogens (tertiary/aromatic N) is 1. The fourth-order valence-corrected chi connectivity index (χ4v) is 2.72. The molecule has 0 unspecified atom stereocenters. The van der Waals surface area contributed by atoms with Crippen molar-refractivity contribution in [2.75, 3.05) is 12.3 Å². The Morgan fingerprint density at radius 1 is 1.35 bits per heavy atom. The van der Waals surface area contributed by atoms with Crippen molar-refractivity contribution in [2.45, 2.75) is 12.8 Å². The van der Waals surface area contributed by atoms with Gasteiger partial charge in [0.15, 0.2) is 5.17 Å².